The first-order valence-corrected chi connectivity index (χ1v) is 9.09. The molecule has 1 amide bonds. The Morgan fingerprint density at radius 3 is 3.24 bits per heavy atom. The predicted molar refractivity (Wildman–Crippen MR) is 95.6 cm³/mol. The fraction of sp³-hybridized carbons (Fsp3) is 0.500. The molecule has 25 heavy (non-hydrogen) atoms. The molecule has 0 aliphatic carbocycles. The minimum atomic E-state index is -0.230. The molecule has 0 N–H and O–H groups in total. The van der Waals surface area contributed by atoms with E-state index < -0.39 is 0 Å². The van der Waals surface area contributed by atoms with E-state index in [1.54, 1.807) is 6.20 Å². The predicted octanol–water partition coefficient (Wildman–Crippen LogP) is 3.04. The number of aromatic nitrogens is 1. The second-order valence-electron chi connectivity index (χ2n) is 7.02. The lowest BCUT2D eigenvalue weighted by molar-refractivity contribution is -0.0462. The summed E-state index contributed by atoms with van der Waals surface area (Å²) in [6, 6.07) is 9.61. The first-order chi connectivity index (χ1) is 12.2. The molecule has 4 rings (SSSR count). The third-order valence-corrected chi connectivity index (χ3v) is 5.25. The van der Waals surface area contributed by atoms with Crippen molar-refractivity contribution in [1.29, 1.82) is 0 Å². The smallest absolute Gasteiger partial charge is 0.253 e. The molecule has 132 valence electrons. The molecule has 2 aliphatic rings. The third-order valence-electron chi connectivity index (χ3n) is 5.25. The Hall–Kier alpha value is -1.98. The number of nitrogens with zero attached hydrogens (tertiary/aromatic N) is 2. The fourth-order valence-corrected chi connectivity index (χ4v) is 4.09. The number of amides is 1. The average Bonchev–Trinajstić information content (AvgIpc) is 3.03. The minimum Gasteiger partial charge on any atom is -0.376 e. The molecule has 0 unspecified atom stereocenters. The maximum absolute atomic E-state index is 13.0. The molecule has 2 saturated heterocycles. The molecule has 5 nitrogen and oxygen atoms in total. The van der Waals surface area contributed by atoms with Gasteiger partial charge in [0.05, 0.1) is 30.4 Å². The Morgan fingerprint density at radius 2 is 2.36 bits per heavy atom. The highest BCUT2D eigenvalue weighted by atomic mass is 16.6. The van der Waals surface area contributed by atoms with Crippen molar-refractivity contribution in [2.75, 3.05) is 26.3 Å². The molecule has 2 atom stereocenters. The Balaban J connectivity index is 1.51. The van der Waals surface area contributed by atoms with Crippen LogP contribution in [-0.4, -0.2) is 53.8 Å². The van der Waals surface area contributed by atoms with Crippen LogP contribution in [0.3, 0.4) is 0 Å². The lowest BCUT2D eigenvalue weighted by atomic mass is 9.89. The van der Waals surface area contributed by atoms with Gasteiger partial charge in [0.25, 0.3) is 5.91 Å². The first kappa shape index (κ1) is 16.5. The van der Waals surface area contributed by atoms with Gasteiger partial charge in [-0.25, -0.2) is 0 Å². The summed E-state index contributed by atoms with van der Waals surface area (Å²) in [5, 5.41) is 0.994. The monoisotopic (exact) mass is 340 g/mol. The molecule has 3 heterocycles. The molecular formula is C20H24N2O3. The topological polar surface area (TPSA) is 51.7 Å². The summed E-state index contributed by atoms with van der Waals surface area (Å²) in [6.45, 7) is 4.79. The molecule has 2 aromatic rings. The zero-order chi connectivity index (χ0) is 17.3. The summed E-state index contributed by atoms with van der Waals surface area (Å²) in [4.78, 5) is 19.3. The van der Waals surface area contributed by atoms with E-state index in [0.29, 0.717) is 19.8 Å². The van der Waals surface area contributed by atoms with Gasteiger partial charge in [-0.15, -0.1) is 0 Å². The number of benzene rings is 1. The number of carbonyl (C=O) groups is 1. The summed E-state index contributed by atoms with van der Waals surface area (Å²) < 4.78 is 11.8. The Bertz CT molecular complexity index is 778. The second-order valence-corrected chi connectivity index (χ2v) is 7.02. The normalized spacial score (nSPS) is 26.4. The molecule has 1 spiro atoms. The van der Waals surface area contributed by atoms with Crippen molar-refractivity contribution < 1.29 is 14.3 Å². The summed E-state index contributed by atoms with van der Waals surface area (Å²) in [5.41, 5.74) is 1.40. The largest absolute Gasteiger partial charge is 0.376 e. The number of ether oxygens (including phenoxy) is 2. The molecule has 0 bridgehead atoms. The maximum Gasteiger partial charge on any atom is 0.253 e. The van der Waals surface area contributed by atoms with Gasteiger partial charge in [0.15, 0.2) is 0 Å². The third kappa shape index (κ3) is 3.26. The van der Waals surface area contributed by atoms with Crippen LogP contribution < -0.4 is 0 Å². The van der Waals surface area contributed by atoms with Crippen molar-refractivity contribution in [3.63, 3.8) is 0 Å². The summed E-state index contributed by atoms with van der Waals surface area (Å²) in [6.07, 6.45) is 4.78. The highest BCUT2D eigenvalue weighted by Gasteiger charge is 2.44. The molecule has 0 saturated carbocycles. The second kappa shape index (κ2) is 6.73. The minimum absolute atomic E-state index is 0.0771. The van der Waals surface area contributed by atoms with Crippen LogP contribution in [0.1, 0.15) is 36.5 Å². The van der Waals surface area contributed by atoms with Crippen LogP contribution in [0.5, 0.6) is 0 Å². The molecule has 1 aromatic heterocycles. The van der Waals surface area contributed by atoms with E-state index in [-0.39, 0.29) is 17.6 Å². The molecule has 1 aromatic carbocycles. The Labute approximate surface area is 147 Å². The fourth-order valence-electron chi connectivity index (χ4n) is 4.09. The van der Waals surface area contributed by atoms with E-state index in [2.05, 4.69) is 4.98 Å². The van der Waals surface area contributed by atoms with Crippen LogP contribution >= 0.6 is 0 Å². The van der Waals surface area contributed by atoms with Crippen molar-refractivity contribution in [2.45, 2.75) is 37.9 Å². The molecule has 2 aliphatic heterocycles. The van der Waals surface area contributed by atoms with Gasteiger partial charge >= 0.3 is 0 Å². The van der Waals surface area contributed by atoms with Gasteiger partial charge in [-0.1, -0.05) is 6.07 Å². The van der Waals surface area contributed by atoms with E-state index in [0.717, 1.165) is 42.3 Å². The van der Waals surface area contributed by atoms with E-state index in [4.69, 9.17) is 9.47 Å². The molecule has 5 heteroatoms. The van der Waals surface area contributed by atoms with Crippen molar-refractivity contribution in [2.24, 2.45) is 0 Å². The number of rotatable bonds is 3. The van der Waals surface area contributed by atoms with Crippen LogP contribution in [-0.2, 0) is 9.47 Å². The van der Waals surface area contributed by atoms with E-state index in [1.807, 2.05) is 42.2 Å². The van der Waals surface area contributed by atoms with Gasteiger partial charge in [0.2, 0.25) is 0 Å². The van der Waals surface area contributed by atoms with E-state index in [9.17, 15) is 4.79 Å². The van der Waals surface area contributed by atoms with Gasteiger partial charge in [-0.2, -0.15) is 0 Å². The van der Waals surface area contributed by atoms with E-state index in [1.165, 1.54) is 0 Å². The summed E-state index contributed by atoms with van der Waals surface area (Å²) in [7, 11) is 0. The average molecular weight is 340 g/mol. The number of pyridine rings is 1. The van der Waals surface area contributed by atoms with Crippen LogP contribution in [0.4, 0.5) is 0 Å². The van der Waals surface area contributed by atoms with Gasteiger partial charge in [0, 0.05) is 36.7 Å². The number of carbonyl (C=O) groups excluding carboxylic acids is 1. The van der Waals surface area contributed by atoms with Crippen LogP contribution in [0.25, 0.3) is 10.9 Å². The number of likely N-dealkylation sites (tertiary alicyclic amines) is 1. The van der Waals surface area contributed by atoms with Gasteiger partial charge in [0.1, 0.15) is 0 Å². The SMILES string of the molecule is CCO[C@H]1CO[C@@]2(CCCN(C(=O)c3ccc4ncccc4c3)C2)C1. The lowest BCUT2D eigenvalue weighted by Gasteiger charge is -2.39. The van der Waals surface area contributed by atoms with Crippen molar-refractivity contribution >= 4 is 16.8 Å². The first-order valence-electron chi connectivity index (χ1n) is 9.09. The zero-order valence-corrected chi connectivity index (χ0v) is 14.6. The standard InChI is InChI=1S/C20H24N2O3/c1-2-24-17-12-20(25-13-17)8-4-10-22(14-20)19(23)16-6-7-18-15(11-16)5-3-9-21-18/h3,5-7,9,11,17H,2,4,8,10,12-14H2,1H3/t17-,20+/m1/s1. The van der Waals surface area contributed by atoms with Crippen molar-refractivity contribution in [1.82, 2.24) is 9.88 Å². The number of hydrogen-bond donors (Lipinski definition) is 0. The zero-order valence-electron chi connectivity index (χ0n) is 14.6. The van der Waals surface area contributed by atoms with Crippen LogP contribution in [0.2, 0.25) is 0 Å². The molecule has 2 fully saturated rings. The number of fused-ring (bicyclic) bond motifs is 1. The number of piperidine rings is 1. The van der Waals surface area contributed by atoms with Gasteiger partial charge in [-0.3, -0.25) is 9.78 Å². The number of hydrogen-bond acceptors (Lipinski definition) is 4. The van der Waals surface area contributed by atoms with Crippen LogP contribution in [0, 0.1) is 0 Å². The Morgan fingerprint density at radius 1 is 1.44 bits per heavy atom. The van der Waals surface area contributed by atoms with Crippen LogP contribution in [0.15, 0.2) is 36.5 Å². The Kier molecular flexibility index (Phi) is 4.44. The van der Waals surface area contributed by atoms with Gasteiger partial charge < -0.3 is 14.4 Å². The summed E-state index contributed by atoms with van der Waals surface area (Å²) in [5.74, 6) is 0.0771. The van der Waals surface area contributed by atoms with E-state index >= 15 is 0 Å². The lowest BCUT2D eigenvalue weighted by Crippen LogP contribution is -2.50. The maximum atomic E-state index is 13.0. The van der Waals surface area contributed by atoms with Gasteiger partial charge in [-0.05, 0) is 44.0 Å². The van der Waals surface area contributed by atoms with Crippen molar-refractivity contribution in [3.8, 4) is 0 Å². The summed E-state index contributed by atoms with van der Waals surface area (Å²) >= 11 is 0. The van der Waals surface area contributed by atoms with Crippen molar-refractivity contribution in [3.05, 3.63) is 42.1 Å². The quantitative estimate of drug-likeness (QED) is 0.862. The highest BCUT2D eigenvalue weighted by Crippen LogP contribution is 2.36. The highest BCUT2D eigenvalue weighted by molar-refractivity contribution is 5.98. The molecular weight excluding hydrogens is 316 g/mol. The molecule has 0 radical (unpaired) electrons.